The summed E-state index contributed by atoms with van der Waals surface area (Å²) in [7, 11) is 0. The topological polar surface area (TPSA) is 28.4 Å². The van der Waals surface area contributed by atoms with Crippen LogP contribution in [0.5, 0.6) is 0 Å². The van der Waals surface area contributed by atoms with Crippen LogP contribution in [0.2, 0.25) is 0 Å². The fraction of sp³-hybridized carbons (Fsp3) is 0.765. The zero-order chi connectivity index (χ0) is 14.6. The van der Waals surface area contributed by atoms with Crippen molar-refractivity contribution in [1.82, 2.24) is 10.2 Å². The van der Waals surface area contributed by atoms with Crippen molar-refractivity contribution in [3.8, 4) is 0 Å². The number of aryl methyl sites for hydroxylation is 1. The third-order valence-electron chi connectivity index (χ3n) is 4.49. The Hall–Kier alpha value is -0.800. The molecule has 1 N–H and O–H groups in total. The minimum Gasteiger partial charge on any atom is -0.469 e. The Kier molecular flexibility index (Phi) is 5.28. The highest BCUT2D eigenvalue weighted by Gasteiger charge is 2.29. The molecule has 1 fully saturated rings. The highest BCUT2D eigenvalue weighted by Crippen LogP contribution is 2.23. The van der Waals surface area contributed by atoms with Crippen molar-refractivity contribution in [2.45, 2.75) is 59.0 Å². The Morgan fingerprint density at radius 1 is 1.45 bits per heavy atom. The molecule has 2 rings (SSSR count). The molecule has 0 bridgehead atoms. The van der Waals surface area contributed by atoms with Crippen LogP contribution < -0.4 is 5.32 Å². The summed E-state index contributed by atoms with van der Waals surface area (Å²) in [5.74, 6) is 1.11. The average molecular weight is 278 g/mol. The quantitative estimate of drug-likeness (QED) is 0.916. The van der Waals surface area contributed by atoms with E-state index in [4.69, 9.17) is 4.42 Å². The summed E-state index contributed by atoms with van der Waals surface area (Å²) in [5, 5.41) is 3.72. The minimum absolute atomic E-state index is 0.323. The van der Waals surface area contributed by atoms with Crippen LogP contribution >= 0.6 is 0 Å². The number of hydrogen-bond acceptors (Lipinski definition) is 3. The van der Waals surface area contributed by atoms with Crippen molar-refractivity contribution < 1.29 is 4.42 Å². The van der Waals surface area contributed by atoms with Crippen molar-refractivity contribution in [1.29, 1.82) is 0 Å². The molecular weight excluding hydrogens is 248 g/mol. The molecule has 3 nitrogen and oxygen atoms in total. The lowest BCUT2D eigenvalue weighted by atomic mass is 9.86. The van der Waals surface area contributed by atoms with Gasteiger partial charge in [-0.1, -0.05) is 20.8 Å². The molecule has 0 aromatic carbocycles. The predicted octanol–water partition coefficient (Wildman–Crippen LogP) is 3.31. The van der Waals surface area contributed by atoms with Gasteiger partial charge < -0.3 is 9.73 Å². The van der Waals surface area contributed by atoms with E-state index in [1.807, 2.05) is 6.07 Å². The number of nitrogens with one attached hydrogen (secondary N) is 1. The first-order valence-electron chi connectivity index (χ1n) is 7.96. The maximum Gasteiger partial charge on any atom is 0.103 e. The fourth-order valence-corrected chi connectivity index (χ4v) is 2.92. The molecule has 0 saturated carbocycles. The highest BCUT2D eigenvalue weighted by molar-refractivity contribution is 4.98. The van der Waals surface area contributed by atoms with Crippen LogP contribution in [0.4, 0.5) is 0 Å². The van der Waals surface area contributed by atoms with E-state index in [-0.39, 0.29) is 0 Å². The third kappa shape index (κ3) is 4.35. The second kappa shape index (κ2) is 6.77. The Labute approximate surface area is 123 Å². The molecule has 0 spiro atoms. The average Bonchev–Trinajstić information content (AvgIpc) is 2.76. The maximum absolute atomic E-state index is 5.44. The molecule has 3 heteroatoms. The Morgan fingerprint density at radius 3 is 2.90 bits per heavy atom. The lowest BCUT2D eigenvalue weighted by molar-refractivity contribution is 0.155. The molecule has 1 aliphatic rings. The monoisotopic (exact) mass is 278 g/mol. The van der Waals surface area contributed by atoms with Crippen LogP contribution in [-0.2, 0) is 6.42 Å². The summed E-state index contributed by atoms with van der Waals surface area (Å²) in [6, 6.07) is 5.25. The first-order valence-corrected chi connectivity index (χ1v) is 7.96. The summed E-state index contributed by atoms with van der Waals surface area (Å²) >= 11 is 0. The van der Waals surface area contributed by atoms with Gasteiger partial charge in [0.2, 0.25) is 0 Å². The van der Waals surface area contributed by atoms with Gasteiger partial charge in [0.15, 0.2) is 0 Å². The summed E-state index contributed by atoms with van der Waals surface area (Å²) in [4.78, 5) is 2.65. The maximum atomic E-state index is 5.44. The van der Waals surface area contributed by atoms with E-state index in [9.17, 15) is 0 Å². The van der Waals surface area contributed by atoms with Crippen LogP contribution in [0, 0.1) is 5.41 Å². The largest absolute Gasteiger partial charge is 0.469 e. The molecule has 2 unspecified atom stereocenters. The molecule has 1 aromatic heterocycles. The van der Waals surface area contributed by atoms with Crippen molar-refractivity contribution >= 4 is 0 Å². The molecule has 0 aliphatic carbocycles. The number of nitrogens with zero attached hydrogens (tertiary/aromatic N) is 1. The van der Waals surface area contributed by atoms with E-state index < -0.39 is 0 Å². The summed E-state index contributed by atoms with van der Waals surface area (Å²) < 4.78 is 5.44. The molecule has 2 heterocycles. The molecule has 0 radical (unpaired) electrons. The molecular formula is C17H30N2O. The summed E-state index contributed by atoms with van der Waals surface area (Å²) in [6.45, 7) is 12.9. The van der Waals surface area contributed by atoms with Crippen LogP contribution in [0.25, 0.3) is 0 Å². The van der Waals surface area contributed by atoms with Gasteiger partial charge in [-0.25, -0.2) is 0 Å². The van der Waals surface area contributed by atoms with Crippen molar-refractivity contribution in [2.24, 2.45) is 5.41 Å². The number of rotatable bonds is 4. The third-order valence-corrected chi connectivity index (χ3v) is 4.49. The molecule has 114 valence electrons. The zero-order valence-electron chi connectivity index (χ0n) is 13.5. The Bertz CT molecular complexity index is 380. The first-order chi connectivity index (χ1) is 9.47. The number of hydrogen-bond donors (Lipinski definition) is 1. The van der Waals surface area contributed by atoms with Crippen molar-refractivity contribution in [3.05, 3.63) is 24.2 Å². The lowest BCUT2D eigenvalue weighted by Crippen LogP contribution is -2.48. The van der Waals surface area contributed by atoms with Crippen molar-refractivity contribution in [3.63, 3.8) is 0 Å². The van der Waals surface area contributed by atoms with Gasteiger partial charge in [0.25, 0.3) is 0 Å². The Morgan fingerprint density at radius 2 is 2.25 bits per heavy atom. The minimum atomic E-state index is 0.323. The molecule has 1 saturated heterocycles. The molecule has 1 aliphatic heterocycles. The zero-order valence-corrected chi connectivity index (χ0v) is 13.5. The predicted molar refractivity (Wildman–Crippen MR) is 83.9 cm³/mol. The second-order valence-electron chi connectivity index (χ2n) is 7.19. The van der Waals surface area contributed by atoms with Crippen LogP contribution in [0.15, 0.2) is 22.8 Å². The second-order valence-corrected chi connectivity index (χ2v) is 7.19. The molecule has 1 aromatic rings. The standard InChI is InChI=1S/C17H30N2O/c1-14(8-9-15-7-5-12-20-15)19-11-6-10-18-16(13-19)17(2,3)4/h5,7,12,14,16,18H,6,8-11,13H2,1-4H3. The van der Waals surface area contributed by atoms with E-state index in [1.54, 1.807) is 6.26 Å². The van der Waals surface area contributed by atoms with Gasteiger partial charge in [-0.2, -0.15) is 0 Å². The molecule has 0 amide bonds. The smallest absolute Gasteiger partial charge is 0.103 e. The first kappa shape index (κ1) is 15.6. The lowest BCUT2D eigenvalue weighted by Gasteiger charge is -2.36. The SMILES string of the molecule is CC(CCc1ccco1)N1CCCNC(C(C)(C)C)C1. The van der Waals surface area contributed by atoms with E-state index in [1.165, 1.54) is 19.4 Å². The van der Waals surface area contributed by atoms with Gasteiger partial charge in [-0.3, -0.25) is 4.90 Å². The molecule has 20 heavy (non-hydrogen) atoms. The van der Waals surface area contributed by atoms with Gasteiger partial charge in [0.05, 0.1) is 6.26 Å². The van der Waals surface area contributed by atoms with Gasteiger partial charge in [0, 0.05) is 25.0 Å². The highest BCUT2D eigenvalue weighted by atomic mass is 16.3. The van der Waals surface area contributed by atoms with Gasteiger partial charge in [-0.05, 0) is 50.4 Å². The van der Waals surface area contributed by atoms with Gasteiger partial charge in [0.1, 0.15) is 5.76 Å². The fourth-order valence-electron chi connectivity index (χ4n) is 2.92. The van der Waals surface area contributed by atoms with Crippen LogP contribution in [0.3, 0.4) is 0 Å². The van der Waals surface area contributed by atoms with E-state index in [2.05, 4.69) is 44.0 Å². The van der Waals surface area contributed by atoms with Gasteiger partial charge >= 0.3 is 0 Å². The summed E-state index contributed by atoms with van der Waals surface area (Å²) in [5.41, 5.74) is 0.323. The Balaban J connectivity index is 1.88. The number of furan rings is 1. The summed E-state index contributed by atoms with van der Waals surface area (Å²) in [6.07, 6.45) is 5.23. The molecule has 2 atom stereocenters. The van der Waals surface area contributed by atoms with Crippen LogP contribution in [-0.4, -0.2) is 36.6 Å². The van der Waals surface area contributed by atoms with E-state index in [0.717, 1.165) is 25.3 Å². The van der Waals surface area contributed by atoms with Crippen LogP contribution in [0.1, 0.15) is 46.3 Å². The van der Waals surface area contributed by atoms with E-state index >= 15 is 0 Å². The normalized spacial score (nSPS) is 23.5. The van der Waals surface area contributed by atoms with Crippen molar-refractivity contribution in [2.75, 3.05) is 19.6 Å². The van der Waals surface area contributed by atoms with Gasteiger partial charge in [-0.15, -0.1) is 0 Å². The van der Waals surface area contributed by atoms with E-state index in [0.29, 0.717) is 17.5 Å².